The van der Waals surface area contributed by atoms with Crippen LogP contribution in [0.3, 0.4) is 0 Å². The lowest BCUT2D eigenvalue weighted by atomic mass is 9.89. The maximum atomic E-state index is 12.6. The van der Waals surface area contributed by atoms with Crippen LogP contribution in [0.15, 0.2) is 18.2 Å². The maximum Gasteiger partial charge on any atom is 0.252 e. The van der Waals surface area contributed by atoms with E-state index in [-0.39, 0.29) is 5.91 Å². The van der Waals surface area contributed by atoms with Crippen LogP contribution in [0.5, 0.6) is 0 Å². The van der Waals surface area contributed by atoms with Gasteiger partial charge in [0.15, 0.2) is 0 Å². The molecule has 0 aromatic heterocycles. The summed E-state index contributed by atoms with van der Waals surface area (Å²) in [5.74, 6) is -0.126. The van der Waals surface area contributed by atoms with Crippen LogP contribution in [-0.4, -0.2) is 16.4 Å². The van der Waals surface area contributed by atoms with Crippen LogP contribution in [0.1, 0.15) is 54.4 Å². The van der Waals surface area contributed by atoms with E-state index < -0.39 is 5.54 Å². The zero-order valence-corrected chi connectivity index (χ0v) is 13.8. The van der Waals surface area contributed by atoms with Crippen LogP contribution in [0.4, 0.5) is 0 Å². The smallest absolute Gasteiger partial charge is 0.252 e. The van der Waals surface area contributed by atoms with Crippen molar-refractivity contribution in [2.75, 3.05) is 0 Å². The van der Waals surface area contributed by atoms with Crippen molar-refractivity contribution >= 4 is 34.7 Å². The predicted molar refractivity (Wildman–Crippen MR) is 90.9 cm³/mol. The molecule has 1 aliphatic rings. The minimum absolute atomic E-state index is 0.126. The highest BCUT2D eigenvalue weighted by atomic mass is 35.5. The van der Waals surface area contributed by atoms with Crippen LogP contribution in [0.2, 0.25) is 5.02 Å². The second kappa shape index (κ2) is 6.75. The predicted octanol–water partition coefficient (Wildman–Crippen LogP) is 3.76. The van der Waals surface area contributed by atoms with Gasteiger partial charge in [0.1, 0.15) is 0 Å². The van der Waals surface area contributed by atoms with Gasteiger partial charge in [-0.25, -0.2) is 0 Å². The molecule has 1 amide bonds. The molecule has 114 valence electrons. The monoisotopic (exact) mass is 324 g/mol. The molecule has 0 atom stereocenters. The van der Waals surface area contributed by atoms with Gasteiger partial charge in [-0.05, 0) is 43.5 Å². The molecule has 3 nitrogen and oxygen atoms in total. The number of carbonyl (C=O) groups is 1. The van der Waals surface area contributed by atoms with Gasteiger partial charge in [0.25, 0.3) is 5.91 Å². The summed E-state index contributed by atoms with van der Waals surface area (Å²) in [7, 11) is 0. The van der Waals surface area contributed by atoms with Crippen LogP contribution in [0, 0.1) is 6.92 Å². The molecule has 1 fully saturated rings. The molecule has 0 radical (unpaired) electrons. The average molecular weight is 325 g/mol. The van der Waals surface area contributed by atoms with Gasteiger partial charge >= 0.3 is 0 Å². The van der Waals surface area contributed by atoms with E-state index in [2.05, 4.69) is 5.32 Å². The van der Waals surface area contributed by atoms with Gasteiger partial charge in [-0.2, -0.15) is 0 Å². The zero-order chi connectivity index (χ0) is 15.5. The Morgan fingerprint density at radius 1 is 1.29 bits per heavy atom. The highest BCUT2D eigenvalue weighted by molar-refractivity contribution is 7.80. The fourth-order valence-corrected chi connectivity index (χ4v) is 3.41. The second-order valence-corrected chi connectivity index (χ2v) is 6.65. The van der Waals surface area contributed by atoms with Crippen molar-refractivity contribution in [3.8, 4) is 0 Å². The molecular formula is C16H21ClN2OS. The van der Waals surface area contributed by atoms with Crippen LogP contribution in [-0.2, 0) is 0 Å². The summed E-state index contributed by atoms with van der Waals surface area (Å²) < 4.78 is 0. The molecule has 0 unspecified atom stereocenters. The van der Waals surface area contributed by atoms with Crippen LogP contribution >= 0.6 is 23.8 Å². The van der Waals surface area contributed by atoms with Gasteiger partial charge in [0, 0.05) is 10.6 Å². The number of nitrogens with one attached hydrogen (secondary N) is 1. The highest BCUT2D eigenvalue weighted by Gasteiger charge is 2.35. The molecule has 0 aliphatic heterocycles. The fourth-order valence-electron chi connectivity index (χ4n) is 2.93. The molecule has 5 heteroatoms. The molecule has 0 bridgehead atoms. The van der Waals surface area contributed by atoms with E-state index in [1.807, 2.05) is 6.92 Å². The molecule has 1 aromatic carbocycles. The normalized spacial score (nSPS) is 17.8. The lowest BCUT2D eigenvalue weighted by molar-refractivity contribution is 0.0917. The van der Waals surface area contributed by atoms with E-state index in [4.69, 9.17) is 29.6 Å². The Morgan fingerprint density at radius 3 is 2.43 bits per heavy atom. The van der Waals surface area contributed by atoms with Crippen molar-refractivity contribution in [2.24, 2.45) is 5.73 Å². The Morgan fingerprint density at radius 2 is 1.90 bits per heavy atom. The third kappa shape index (κ3) is 3.74. The number of aryl methyl sites for hydroxylation is 1. The number of nitrogens with two attached hydrogens (primary N) is 1. The number of thiocarbonyl (C=S) groups is 1. The Balaban J connectivity index is 2.24. The summed E-state index contributed by atoms with van der Waals surface area (Å²) in [6, 6.07) is 5.26. The molecular weight excluding hydrogens is 304 g/mol. The molecule has 1 aliphatic carbocycles. The minimum Gasteiger partial charge on any atom is -0.391 e. The third-order valence-electron chi connectivity index (χ3n) is 4.21. The Labute approximate surface area is 136 Å². The number of halogens is 1. The topological polar surface area (TPSA) is 55.1 Å². The van der Waals surface area contributed by atoms with Gasteiger partial charge in [-0.3, -0.25) is 4.79 Å². The van der Waals surface area contributed by atoms with Gasteiger partial charge < -0.3 is 11.1 Å². The van der Waals surface area contributed by atoms with E-state index in [9.17, 15) is 4.79 Å². The Kier molecular flexibility index (Phi) is 5.22. The standard InChI is InChI=1S/C16H21ClN2OS/c1-11-10-12(17)6-7-13(11)14(20)19-16(15(18)21)8-4-2-3-5-9-16/h6-7,10H,2-5,8-9H2,1H3,(H2,18,21)(H,19,20). The SMILES string of the molecule is Cc1cc(Cl)ccc1C(=O)NC1(C(N)=S)CCCCCC1. The quantitative estimate of drug-likeness (QED) is 0.657. The van der Waals surface area contributed by atoms with Crippen molar-refractivity contribution < 1.29 is 4.79 Å². The van der Waals surface area contributed by atoms with E-state index in [1.165, 1.54) is 12.8 Å². The second-order valence-electron chi connectivity index (χ2n) is 5.77. The summed E-state index contributed by atoms with van der Waals surface area (Å²) >= 11 is 11.2. The number of benzene rings is 1. The lowest BCUT2D eigenvalue weighted by Crippen LogP contribution is -2.56. The summed E-state index contributed by atoms with van der Waals surface area (Å²) in [5.41, 5.74) is 6.89. The zero-order valence-electron chi connectivity index (χ0n) is 12.2. The summed E-state index contributed by atoms with van der Waals surface area (Å²) in [6.07, 6.45) is 6.05. The largest absolute Gasteiger partial charge is 0.391 e. The van der Waals surface area contributed by atoms with Crippen molar-refractivity contribution in [3.63, 3.8) is 0 Å². The van der Waals surface area contributed by atoms with Crippen molar-refractivity contribution in [1.29, 1.82) is 0 Å². The molecule has 0 saturated heterocycles. The van der Waals surface area contributed by atoms with Gasteiger partial charge in [-0.1, -0.05) is 49.5 Å². The molecule has 1 aromatic rings. The third-order valence-corrected chi connectivity index (χ3v) is 4.84. The van der Waals surface area contributed by atoms with Gasteiger partial charge in [-0.15, -0.1) is 0 Å². The first-order chi connectivity index (χ1) is 9.94. The van der Waals surface area contributed by atoms with Crippen molar-refractivity contribution in [2.45, 2.75) is 51.0 Å². The summed E-state index contributed by atoms with van der Waals surface area (Å²) in [5, 5.41) is 3.73. The van der Waals surface area contributed by atoms with Gasteiger partial charge in [0.05, 0.1) is 10.5 Å². The highest BCUT2D eigenvalue weighted by Crippen LogP contribution is 2.28. The summed E-state index contributed by atoms with van der Waals surface area (Å²) in [4.78, 5) is 13.0. The van der Waals surface area contributed by atoms with Gasteiger partial charge in [0.2, 0.25) is 0 Å². The average Bonchev–Trinajstić information content (AvgIpc) is 2.65. The number of carbonyl (C=O) groups excluding carboxylic acids is 1. The number of rotatable bonds is 3. The Hall–Kier alpha value is -1.13. The van der Waals surface area contributed by atoms with E-state index >= 15 is 0 Å². The molecule has 0 spiro atoms. The molecule has 0 heterocycles. The number of hydrogen-bond donors (Lipinski definition) is 2. The van der Waals surface area contributed by atoms with Crippen LogP contribution in [0.25, 0.3) is 0 Å². The lowest BCUT2D eigenvalue weighted by Gasteiger charge is -2.33. The molecule has 3 N–H and O–H groups in total. The fraction of sp³-hybridized carbons (Fsp3) is 0.500. The van der Waals surface area contributed by atoms with E-state index in [0.717, 1.165) is 31.2 Å². The number of amides is 1. The number of hydrogen-bond acceptors (Lipinski definition) is 2. The molecule has 21 heavy (non-hydrogen) atoms. The first-order valence-electron chi connectivity index (χ1n) is 7.33. The van der Waals surface area contributed by atoms with Crippen molar-refractivity contribution in [3.05, 3.63) is 34.3 Å². The minimum atomic E-state index is -0.547. The van der Waals surface area contributed by atoms with Crippen molar-refractivity contribution in [1.82, 2.24) is 5.32 Å². The maximum absolute atomic E-state index is 12.6. The summed E-state index contributed by atoms with van der Waals surface area (Å²) in [6.45, 7) is 1.88. The van der Waals surface area contributed by atoms with E-state index in [1.54, 1.807) is 18.2 Å². The van der Waals surface area contributed by atoms with Crippen LogP contribution < -0.4 is 11.1 Å². The van der Waals surface area contributed by atoms with E-state index in [0.29, 0.717) is 15.6 Å². The molecule has 2 rings (SSSR count). The first-order valence-corrected chi connectivity index (χ1v) is 8.12. The Bertz CT molecular complexity index is 551. The molecule has 1 saturated carbocycles. The first kappa shape index (κ1) is 16.2.